The van der Waals surface area contributed by atoms with E-state index in [9.17, 15) is 4.79 Å². The van der Waals surface area contributed by atoms with Crippen LogP contribution in [0.5, 0.6) is 0 Å². The number of carbonyl (C=O) groups is 1. The zero-order valence-corrected chi connectivity index (χ0v) is 15.3. The van der Waals surface area contributed by atoms with E-state index in [4.69, 9.17) is 4.42 Å². The van der Waals surface area contributed by atoms with Crippen molar-refractivity contribution < 1.29 is 9.21 Å². The average molecular weight is 358 g/mol. The predicted octanol–water partition coefficient (Wildman–Crippen LogP) is 3.88. The minimum absolute atomic E-state index is 0.105. The van der Waals surface area contributed by atoms with E-state index in [0.717, 1.165) is 36.5 Å². The summed E-state index contributed by atoms with van der Waals surface area (Å²) in [5, 5.41) is 7.58. The SMILES string of the molecule is CCN(C(=O)CSc1n[nH]c(/C=C/c2ccc(C)o2)n1)C1=CCCC1. The Labute approximate surface area is 151 Å². The molecule has 0 unspecified atom stereocenters. The van der Waals surface area contributed by atoms with Gasteiger partial charge < -0.3 is 9.32 Å². The van der Waals surface area contributed by atoms with Gasteiger partial charge in [0.15, 0.2) is 0 Å². The normalized spacial score (nSPS) is 14.2. The summed E-state index contributed by atoms with van der Waals surface area (Å²) < 4.78 is 5.47. The molecule has 6 nitrogen and oxygen atoms in total. The third kappa shape index (κ3) is 4.63. The molecule has 0 aromatic carbocycles. The molecule has 25 heavy (non-hydrogen) atoms. The van der Waals surface area contributed by atoms with E-state index >= 15 is 0 Å². The van der Waals surface area contributed by atoms with E-state index in [1.807, 2.05) is 37.0 Å². The molecule has 132 valence electrons. The van der Waals surface area contributed by atoms with Gasteiger partial charge in [0.1, 0.15) is 17.3 Å². The summed E-state index contributed by atoms with van der Waals surface area (Å²) in [6, 6.07) is 3.81. The Morgan fingerprint density at radius 1 is 1.44 bits per heavy atom. The zero-order valence-electron chi connectivity index (χ0n) is 14.5. The van der Waals surface area contributed by atoms with Gasteiger partial charge in [-0.1, -0.05) is 17.8 Å². The first-order valence-electron chi connectivity index (χ1n) is 8.45. The second kappa shape index (κ2) is 8.20. The third-order valence-corrected chi connectivity index (χ3v) is 4.79. The highest BCUT2D eigenvalue weighted by molar-refractivity contribution is 7.99. The van der Waals surface area contributed by atoms with Crippen LogP contribution >= 0.6 is 11.8 Å². The van der Waals surface area contributed by atoms with Crippen molar-refractivity contribution in [1.29, 1.82) is 0 Å². The number of furan rings is 1. The van der Waals surface area contributed by atoms with Gasteiger partial charge in [-0.05, 0) is 57.4 Å². The molecule has 0 bridgehead atoms. The first kappa shape index (κ1) is 17.5. The average Bonchev–Trinajstić information content (AvgIpc) is 3.34. The van der Waals surface area contributed by atoms with Crippen molar-refractivity contribution in [2.45, 2.75) is 38.3 Å². The second-order valence-corrected chi connectivity index (χ2v) is 6.74. The van der Waals surface area contributed by atoms with Gasteiger partial charge in [0.25, 0.3) is 0 Å². The fourth-order valence-corrected chi connectivity index (χ4v) is 3.43. The molecule has 0 atom stereocenters. The summed E-state index contributed by atoms with van der Waals surface area (Å²) in [5.74, 6) is 2.71. The topological polar surface area (TPSA) is 75.0 Å². The Morgan fingerprint density at radius 2 is 2.32 bits per heavy atom. The molecule has 2 aromatic heterocycles. The molecule has 1 aliphatic carbocycles. The van der Waals surface area contributed by atoms with Gasteiger partial charge in [-0.25, -0.2) is 4.98 Å². The van der Waals surface area contributed by atoms with Crippen molar-refractivity contribution >= 4 is 29.8 Å². The highest BCUT2D eigenvalue weighted by atomic mass is 32.2. The quantitative estimate of drug-likeness (QED) is 0.760. The van der Waals surface area contributed by atoms with Crippen LogP contribution in [0.4, 0.5) is 0 Å². The monoisotopic (exact) mass is 358 g/mol. The Balaban J connectivity index is 1.54. The van der Waals surface area contributed by atoms with E-state index < -0.39 is 0 Å². The number of nitrogens with zero attached hydrogens (tertiary/aromatic N) is 3. The lowest BCUT2D eigenvalue weighted by Crippen LogP contribution is -2.31. The van der Waals surface area contributed by atoms with E-state index in [1.54, 1.807) is 6.08 Å². The van der Waals surface area contributed by atoms with Gasteiger partial charge in [-0.3, -0.25) is 9.89 Å². The maximum atomic E-state index is 12.4. The van der Waals surface area contributed by atoms with E-state index in [1.165, 1.54) is 11.8 Å². The van der Waals surface area contributed by atoms with Crippen molar-refractivity contribution in [2.24, 2.45) is 0 Å². The lowest BCUT2D eigenvalue weighted by Gasteiger charge is -2.21. The first-order valence-corrected chi connectivity index (χ1v) is 9.43. The molecule has 2 heterocycles. The summed E-state index contributed by atoms with van der Waals surface area (Å²) in [4.78, 5) is 18.7. The molecule has 1 amide bonds. The number of H-pyrrole nitrogens is 1. The van der Waals surface area contributed by atoms with E-state index in [-0.39, 0.29) is 5.91 Å². The Morgan fingerprint density at radius 3 is 3.00 bits per heavy atom. The molecule has 0 radical (unpaired) electrons. The number of hydrogen-bond acceptors (Lipinski definition) is 5. The molecule has 1 aliphatic rings. The van der Waals surface area contributed by atoms with Crippen molar-refractivity contribution in [3.63, 3.8) is 0 Å². The van der Waals surface area contributed by atoms with Crippen LogP contribution < -0.4 is 0 Å². The summed E-state index contributed by atoms with van der Waals surface area (Å²) >= 11 is 1.35. The highest BCUT2D eigenvalue weighted by Gasteiger charge is 2.19. The molecular formula is C18H22N4O2S. The van der Waals surface area contributed by atoms with Crippen LogP contribution in [0.2, 0.25) is 0 Å². The number of rotatable bonds is 7. The fraction of sp³-hybridized carbons (Fsp3) is 0.389. The van der Waals surface area contributed by atoms with Gasteiger partial charge in [-0.15, -0.1) is 5.10 Å². The number of aryl methyl sites for hydroxylation is 1. The zero-order chi connectivity index (χ0) is 17.6. The molecule has 1 N–H and O–H groups in total. The number of allylic oxidation sites excluding steroid dienone is 2. The van der Waals surface area contributed by atoms with Crippen LogP contribution in [0.25, 0.3) is 12.2 Å². The molecule has 0 saturated heterocycles. The molecule has 0 saturated carbocycles. The van der Waals surface area contributed by atoms with Crippen molar-refractivity contribution in [3.8, 4) is 0 Å². The van der Waals surface area contributed by atoms with Crippen LogP contribution in [0.15, 0.2) is 33.5 Å². The number of amides is 1. The van der Waals surface area contributed by atoms with Crippen LogP contribution in [0, 0.1) is 6.92 Å². The number of carbonyl (C=O) groups excluding carboxylic acids is 1. The van der Waals surface area contributed by atoms with Gasteiger partial charge >= 0.3 is 0 Å². The standard InChI is InChI=1S/C18H22N4O2S/c1-3-22(14-6-4-5-7-14)17(23)12-25-18-19-16(20-21-18)11-10-15-9-8-13(2)24-15/h6,8-11H,3-5,7,12H2,1-2H3,(H,19,20,21)/b11-10+. The summed E-state index contributed by atoms with van der Waals surface area (Å²) in [5.41, 5.74) is 1.15. The minimum atomic E-state index is 0.105. The van der Waals surface area contributed by atoms with Crippen LogP contribution in [-0.2, 0) is 4.79 Å². The Hall–Kier alpha value is -2.28. The Kier molecular flexibility index (Phi) is 5.75. The van der Waals surface area contributed by atoms with E-state index in [2.05, 4.69) is 21.3 Å². The maximum Gasteiger partial charge on any atom is 0.237 e. The van der Waals surface area contributed by atoms with Crippen LogP contribution in [0.3, 0.4) is 0 Å². The molecule has 3 rings (SSSR count). The highest BCUT2D eigenvalue weighted by Crippen LogP contribution is 2.23. The summed E-state index contributed by atoms with van der Waals surface area (Å²) in [6.07, 6.45) is 9.00. The summed E-state index contributed by atoms with van der Waals surface area (Å²) in [6.45, 7) is 4.61. The van der Waals surface area contributed by atoms with Gasteiger partial charge in [-0.2, -0.15) is 0 Å². The lowest BCUT2D eigenvalue weighted by atomic mass is 10.3. The van der Waals surface area contributed by atoms with Gasteiger partial charge in [0.2, 0.25) is 11.1 Å². The maximum absolute atomic E-state index is 12.4. The molecule has 2 aromatic rings. The molecular weight excluding hydrogens is 336 g/mol. The van der Waals surface area contributed by atoms with E-state index in [0.29, 0.717) is 23.3 Å². The van der Waals surface area contributed by atoms with Crippen molar-refractivity contribution in [1.82, 2.24) is 20.1 Å². The first-order chi connectivity index (χ1) is 12.2. The molecule has 7 heteroatoms. The smallest absolute Gasteiger partial charge is 0.237 e. The van der Waals surface area contributed by atoms with Gasteiger partial charge in [0, 0.05) is 12.2 Å². The van der Waals surface area contributed by atoms with Crippen LogP contribution in [0.1, 0.15) is 43.5 Å². The lowest BCUT2D eigenvalue weighted by molar-refractivity contribution is -0.126. The minimum Gasteiger partial charge on any atom is -0.462 e. The summed E-state index contributed by atoms with van der Waals surface area (Å²) in [7, 11) is 0. The Bertz CT molecular complexity index is 791. The number of nitrogens with one attached hydrogen (secondary N) is 1. The second-order valence-electron chi connectivity index (χ2n) is 5.80. The van der Waals surface area contributed by atoms with Crippen LogP contribution in [-0.4, -0.2) is 38.3 Å². The van der Waals surface area contributed by atoms with Gasteiger partial charge in [0.05, 0.1) is 5.75 Å². The number of thioether (sulfide) groups is 1. The number of hydrogen-bond donors (Lipinski definition) is 1. The van der Waals surface area contributed by atoms with Crippen molar-refractivity contribution in [2.75, 3.05) is 12.3 Å². The molecule has 0 fully saturated rings. The predicted molar refractivity (Wildman–Crippen MR) is 98.8 cm³/mol. The molecule has 0 aliphatic heterocycles. The largest absolute Gasteiger partial charge is 0.462 e. The third-order valence-electron chi connectivity index (χ3n) is 3.95. The number of aromatic nitrogens is 3. The molecule has 0 spiro atoms. The fourth-order valence-electron chi connectivity index (χ4n) is 2.74. The number of aromatic amines is 1. The van der Waals surface area contributed by atoms with Crippen molar-refractivity contribution in [3.05, 3.63) is 41.3 Å².